The molecule has 0 spiro atoms. The highest BCUT2D eigenvalue weighted by atomic mass is 35.5. The second kappa shape index (κ2) is 12.0. The van der Waals surface area contributed by atoms with E-state index in [1.54, 1.807) is 6.07 Å². The Kier molecular flexibility index (Phi) is 8.55. The number of rotatable bonds is 6. The van der Waals surface area contributed by atoms with E-state index in [0.717, 1.165) is 82.5 Å². The maximum absolute atomic E-state index is 6.49. The zero-order chi connectivity index (χ0) is 24.9. The van der Waals surface area contributed by atoms with Crippen LogP contribution >= 0.6 is 34.8 Å². The Balaban J connectivity index is 1.29. The van der Waals surface area contributed by atoms with Crippen LogP contribution in [-0.2, 0) is 11.3 Å². The molecule has 0 N–H and O–H groups in total. The van der Waals surface area contributed by atoms with Gasteiger partial charge in [0.15, 0.2) is 0 Å². The van der Waals surface area contributed by atoms with Gasteiger partial charge in [-0.1, -0.05) is 59.1 Å². The number of nitrogens with zero attached hydrogens (tertiary/aromatic N) is 4. The van der Waals surface area contributed by atoms with Gasteiger partial charge in [0.25, 0.3) is 0 Å². The van der Waals surface area contributed by atoms with Crippen LogP contribution in [0.25, 0.3) is 6.08 Å². The van der Waals surface area contributed by atoms with Crippen molar-refractivity contribution in [1.29, 1.82) is 0 Å². The number of halogens is 3. The zero-order valence-electron chi connectivity index (χ0n) is 20.3. The van der Waals surface area contributed by atoms with Crippen LogP contribution in [0.2, 0.25) is 15.1 Å². The minimum absolute atomic E-state index is 0.650. The van der Waals surface area contributed by atoms with Gasteiger partial charge in [0, 0.05) is 66.6 Å². The lowest BCUT2D eigenvalue weighted by atomic mass is 10.1. The van der Waals surface area contributed by atoms with Crippen LogP contribution in [0.15, 0.2) is 64.4 Å². The van der Waals surface area contributed by atoms with Gasteiger partial charge in [-0.2, -0.15) is 5.10 Å². The number of ether oxygens (including phenoxy) is 1. The number of morpholine rings is 1. The lowest BCUT2D eigenvalue weighted by Crippen LogP contribution is -2.43. The first-order valence-corrected chi connectivity index (χ1v) is 13.7. The third-order valence-electron chi connectivity index (χ3n) is 6.97. The number of hydrogen-bond acceptors (Lipinski definition) is 5. The molecule has 2 aliphatic heterocycles. The Morgan fingerprint density at radius 2 is 1.64 bits per heavy atom. The summed E-state index contributed by atoms with van der Waals surface area (Å²) in [5.74, 6) is 0. The van der Waals surface area contributed by atoms with Gasteiger partial charge >= 0.3 is 0 Å². The van der Waals surface area contributed by atoms with Crippen molar-refractivity contribution < 1.29 is 4.74 Å². The van der Waals surface area contributed by atoms with E-state index >= 15 is 0 Å². The Labute approximate surface area is 228 Å². The fourth-order valence-corrected chi connectivity index (χ4v) is 5.67. The van der Waals surface area contributed by atoms with Crippen LogP contribution in [0.1, 0.15) is 24.0 Å². The highest BCUT2D eigenvalue weighted by Crippen LogP contribution is 2.36. The molecule has 2 fully saturated rings. The quantitative estimate of drug-likeness (QED) is 0.404. The molecule has 1 aliphatic carbocycles. The lowest BCUT2D eigenvalue weighted by molar-refractivity contribution is 0.0548. The number of piperazine rings is 1. The van der Waals surface area contributed by atoms with Gasteiger partial charge in [0.1, 0.15) is 0 Å². The van der Waals surface area contributed by atoms with E-state index < -0.39 is 0 Å². The molecular weight excluding hydrogens is 515 g/mol. The number of hydrogen-bond donors (Lipinski definition) is 0. The molecule has 36 heavy (non-hydrogen) atoms. The number of hydrazone groups is 1. The second-order valence-corrected chi connectivity index (χ2v) is 10.6. The fourth-order valence-electron chi connectivity index (χ4n) is 5.01. The third kappa shape index (κ3) is 6.27. The van der Waals surface area contributed by atoms with Crippen LogP contribution in [0.5, 0.6) is 0 Å². The van der Waals surface area contributed by atoms with E-state index in [0.29, 0.717) is 10.0 Å². The van der Waals surface area contributed by atoms with E-state index in [4.69, 9.17) is 44.6 Å². The number of benzene rings is 2. The summed E-state index contributed by atoms with van der Waals surface area (Å²) in [5.41, 5.74) is 6.04. The molecule has 0 amide bonds. The van der Waals surface area contributed by atoms with Crippen molar-refractivity contribution in [3.63, 3.8) is 0 Å². The van der Waals surface area contributed by atoms with Gasteiger partial charge in [-0.15, -0.1) is 0 Å². The van der Waals surface area contributed by atoms with Gasteiger partial charge < -0.3 is 9.64 Å². The van der Waals surface area contributed by atoms with E-state index in [1.807, 2.05) is 30.3 Å². The van der Waals surface area contributed by atoms with Crippen LogP contribution in [-0.4, -0.2) is 73.5 Å². The molecule has 190 valence electrons. The van der Waals surface area contributed by atoms with Crippen molar-refractivity contribution in [3.05, 3.63) is 85.5 Å². The molecule has 0 atom stereocenters. The zero-order valence-corrected chi connectivity index (χ0v) is 22.6. The van der Waals surface area contributed by atoms with E-state index in [-0.39, 0.29) is 0 Å². The Morgan fingerprint density at radius 3 is 2.39 bits per heavy atom. The van der Waals surface area contributed by atoms with Crippen LogP contribution in [0.3, 0.4) is 0 Å². The van der Waals surface area contributed by atoms with Crippen molar-refractivity contribution >= 4 is 47.1 Å². The van der Waals surface area contributed by atoms with Gasteiger partial charge in [-0.3, -0.25) is 9.91 Å². The third-order valence-corrected chi connectivity index (χ3v) is 7.90. The largest absolute Gasteiger partial charge is 0.378 e. The molecule has 0 radical (unpaired) electrons. The minimum atomic E-state index is 0.650. The van der Waals surface area contributed by atoms with Gasteiger partial charge in [0.05, 0.1) is 19.4 Å². The summed E-state index contributed by atoms with van der Waals surface area (Å²) in [6, 6.07) is 13.8. The standard InChI is InChI=1S/C28H31Cl3N4O/c29-25-8-7-21(27(31)18-25)17-22-5-6-23(28(22)34-13-15-36-16-14-34)19-32-35-11-9-33(10-12-35)20-24-3-1-2-4-26(24)30/h1-4,7-8,17-19H,5-6,9-16,20H2/b22-17-,32-19?. The molecule has 0 unspecified atom stereocenters. The molecule has 0 bridgehead atoms. The maximum atomic E-state index is 6.49. The highest BCUT2D eigenvalue weighted by molar-refractivity contribution is 6.35. The normalized spacial score (nSPS) is 20.8. The highest BCUT2D eigenvalue weighted by Gasteiger charge is 2.26. The fraction of sp³-hybridized carbons (Fsp3) is 0.393. The van der Waals surface area contributed by atoms with Gasteiger partial charge in [0.2, 0.25) is 0 Å². The topological polar surface area (TPSA) is 31.3 Å². The Bertz CT molecular complexity index is 1170. The summed E-state index contributed by atoms with van der Waals surface area (Å²) in [4.78, 5) is 4.88. The van der Waals surface area contributed by atoms with E-state index in [9.17, 15) is 0 Å². The average Bonchev–Trinajstić information content (AvgIpc) is 3.29. The molecule has 5 rings (SSSR count). The second-order valence-electron chi connectivity index (χ2n) is 9.37. The van der Waals surface area contributed by atoms with Crippen LogP contribution in [0, 0.1) is 0 Å². The van der Waals surface area contributed by atoms with Gasteiger partial charge in [-0.05, 0) is 59.4 Å². The molecule has 2 aromatic carbocycles. The van der Waals surface area contributed by atoms with Crippen LogP contribution in [0.4, 0.5) is 0 Å². The molecule has 2 heterocycles. The molecule has 0 aromatic heterocycles. The van der Waals surface area contributed by atoms with Crippen molar-refractivity contribution in [2.24, 2.45) is 5.10 Å². The van der Waals surface area contributed by atoms with Crippen LogP contribution < -0.4 is 0 Å². The summed E-state index contributed by atoms with van der Waals surface area (Å²) in [6.45, 7) is 7.90. The summed E-state index contributed by atoms with van der Waals surface area (Å²) in [6.07, 6.45) is 6.23. The van der Waals surface area contributed by atoms with Crippen molar-refractivity contribution in [3.8, 4) is 0 Å². The van der Waals surface area contributed by atoms with Crippen molar-refractivity contribution in [1.82, 2.24) is 14.8 Å². The molecule has 5 nitrogen and oxygen atoms in total. The molecule has 8 heteroatoms. The smallest absolute Gasteiger partial charge is 0.0642 e. The Hall–Kier alpha value is -2.02. The molecule has 2 saturated heterocycles. The SMILES string of the molecule is Clc1ccc(/C=C2/CCC(C=NN3CCN(Cc4ccccc4Cl)CC3)=C2N2CCOCC2)c(Cl)c1. The van der Waals surface area contributed by atoms with E-state index in [1.165, 1.54) is 22.4 Å². The molecular formula is C28H31Cl3N4O. The first kappa shape index (κ1) is 25.6. The summed E-state index contributed by atoms with van der Waals surface area (Å²) in [5, 5.41) is 9.26. The minimum Gasteiger partial charge on any atom is -0.378 e. The summed E-state index contributed by atoms with van der Waals surface area (Å²) >= 11 is 19.0. The first-order chi connectivity index (χ1) is 17.6. The molecule has 3 aliphatic rings. The van der Waals surface area contributed by atoms with Crippen molar-refractivity contribution in [2.45, 2.75) is 19.4 Å². The average molecular weight is 546 g/mol. The predicted octanol–water partition coefficient (Wildman–Crippen LogP) is 6.21. The first-order valence-electron chi connectivity index (χ1n) is 12.5. The number of allylic oxidation sites excluding steroid dienone is 2. The van der Waals surface area contributed by atoms with Crippen molar-refractivity contribution in [2.75, 3.05) is 52.5 Å². The summed E-state index contributed by atoms with van der Waals surface area (Å²) in [7, 11) is 0. The molecule has 2 aromatic rings. The van der Waals surface area contributed by atoms with E-state index in [2.05, 4.69) is 33.2 Å². The monoisotopic (exact) mass is 544 g/mol. The van der Waals surface area contributed by atoms with Gasteiger partial charge in [-0.25, -0.2) is 0 Å². The molecule has 0 saturated carbocycles. The lowest BCUT2D eigenvalue weighted by Gasteiger charge is -2.33. The predicted molar refractivity (Wildman–Crippen MR) is 150 cm³/mol. The maximum Gasteiger partial charge on any atom is 0.0642 e. The Morgan fingerprint density at radius 1 is 0.861 bits per heavy atom. The summed E-state index contributed by atoms with van der Waals surface area (Å²) < 4.78 is 5.62.